The van der Waals surface area contributed by atoms with Crippen LogP contribution in [0.5, 0.6) is 0 Å². The van der Waals surface area contributed by atoms with Crippen molar-refractivity contribution in [2.24, 2.45) is 0 Å². The van der Waals surface area contributed by atoms with Crippen molar-refractivity contribution >= 4 is 38.0 Å². The zero-order valence-corrected chi connectivity index (χ0v) is 36.7. The van der Waals surface area contributed by atoms with E-state index in [9.17, 15) is 35.8 Å². The van der Waals surface area contributed by atoms with E-state index in [1.54, 1.807) is 13.2 Å². The number of anilines is 1. The van der Waals surface area contributed by atoms with E-state index in [2.05, 4.69) is 25.7 Å². The number of allylic oxidation sites excluding steroid dienone is 3. The van der Waals surface area contributed by atoms with Gasteiger partial charge in [-0.2, -0.15) is 16.8 Å². The van der Waals surface area contributed by atoms with Crippen LogP contribution in [0.1, 0.15) is 90.0 Å². The van der Waals surface area contributed by atoms with Gasteiger partial charge in [0.25, 0.3) is 20.2 Å². The van der Waals surface area contributed by atoms with E-state index in [0.717, 1.165) is 27.9 Å². The second-order valence-electron chi connectivity index (χ2n) is 15.9. The number of ether oxygens (including phenoxy) is 3. The predicted octanol–water partition coefficient (Wildman–Crippen LogP) is 6.39. The smallest absolute Gasteiger partial charge is 0.303 e. The zero-order chi connectivity index (χ0) is 43.4. The summed E-state index contributed by atoms with van der Waals surface area (Å²) in [6.45, 7) is 14.0. The molecule has 16 heteroatoms. The maximum absolute atomic E-state index is 12.4. The molecule has 0 radical (unpaired) electrons. The lowest BCUT2D eigenvalue weighted by atomic mass is 9.78. The van der Waals surface area contributed by atoms with Crippen LogP contribution in [0.4, 0.5) is 5.69 Å². The largest absolute Gasteiger partial charge is 0.481 e. The third-order valence-corrected chi connectivity index (χ3v) is 12.2. The van der Waals surface area contributed by atoms with Gasteiger partial charge in [0.15, 0.2) is 0 Å². The molecule has 2 aliphatic heterocycles. The van der Waals surface area contributed by atoms with E-state index < -0.39 is 31.6 Å². The number of nitrogens with zero attached hydrogens (tertiary/aromatic N) is 2. The van der Waals surface area contributed by atoms with Crippen LogP contribution < -0.4 is 14.8 Å². The fourth-order valence-electron chi connectivity index (χ4n) is 7.39. The molecule has 59 heavy (non-hydrogen) atoms. The number of carboxylic acids is 1. The first-order valence-electron chi connectivity index (χ1n) is 20.0. The molecular weight excluding hydrogens is 801 g/mol. The van der Waals surface area contributed by atoms with Crippen LogP contribution in [0.15, 0.2) is 69.6 Å². The number of hydrogen-bond donors (Lipinski definition) is 3. The van der Waals surface area contributed by atoms with Crippen molar-refractivity contribution in [1.82, 2.24) is 4.58 Å². The number of aliphatic carboxylic acids is 1. The highest BCUT2D eigenvalue weighted by Crippen LogP contribution is 2.51. The van der Waals surface area contributed by atoms with Crippen molar-refractivity contribution in [2.75, 3.05) is 70.4 Å². The molecule has 1 aromatic carbocycles. The molecule has 0 amide bonds. The van der Waals surface area contributed by atoms with Gasteiger partial charge in [-0.15, -0.1) is 0 Å². The molecule has 14 nitrogen and oxygen atoms in total. The lowest BCUT2D eigenvalue weighted by Gasteiger charge is -2.30. The van der Waals surface area contributed by atoms with Crippen LogP contribution in [0.3, 0.4) is 0 Å². The average molecular weight is 862 g/mol. The summed E-state index contributed by atoms with van der Waals surface area (Å²) < 4.78 is 91.9. The second-order valence-corrected chi connectivity index (χ2v) is 18.9. The Balaban J connectivity index is 1.79. The van der Waals surface area contributed by atoms with Crippen molar-refractivity contribution < 1.29 is 54.5 Å². The van der Waals surface area contributed by atoms with E-state index in [1.807, 2.05) is 60.9 Å². The first-order chi connectivity index (χ1) is 27.8. The fourth-order valence-corrected chi connectivity index (χ4v) is 8.40. The Morgan fingerprint density at radius 2 is 1.64 bits per heavy atom. The normalized spacial score (nSPS) is 17.4. The molecule has 326 valence electrons. The SMILES string of the molecule is CC[N+](CCCS(=O)(=O)O)=c1ccc2c(C(C)(C)C)cc(C=CC=C3N(CCCCCC(=O)O)c4ccc(S(=O)(=O)O)cc4C3(C)CCOCCOCCOC)oc-2c1. The first-order valence-corrected chi connectivity index (χ1v) is 23.1. The van der Waals surface area contributed by atoms with Gasteiger partial charge in [-0.1, -0.05) is 33.3 Å². The Morgan fingerprint density at radius 3 is 2.29 bits per heavy atom. The minimum atomic E-state index is -4.51. The standard InChI is InChI=1S/C43H60N2O12S2/c1-7-44(21-12-28-58(48,49)50)32-16-18-35-36(42(2,3)4)30-33(57-39(35)29-32)13-11-14-40-43(5,20-23-55-26-27-56-25-24-54-6)37-31-34(59(51,52)53)17-19-38(37)45(40)22-10-8-9-15-41(46)47/h11,13-14,16-19,29-31H,7-10,12,15,20-28H2,1-6H3,(H2-,46,47,48,49,50,51,52,53)/p+1. The molecule has 2 heterocycles. The highest BCUT2D eigenvalue weighted by molar-refractivity contribution is 7.86. The molecular formula is C43H61N2O12S2+. The Bertz CT molecular complexity index is 2220. The van der Waals surface area contributed by atoms with Gasteiger partial charge in [-0.25, -0.2) is 4.58 Å². The monoisotopic (exact) mass is 861 g/mol. The molecule has 3 aliphatic rings. The number of hydrogen-bond acceptors (Lipinski definition) is 10. The van der Waals surface area contributed by atoms with Gasteiger partial charge in [0.2, 0.25) is 5.36 Å². The Kier molecular flexibility index (Phi) is 17.1. The van der Waals surface area contributed by atoms with Crippen LogP contribution in [0.2, 0.25) is 0 Å². The van der Waals surface area contributed by atoms with E-state index in [1.165, 1.54) is 12.1 Å². The Labute approximate surface area is 349 Å². The third-order valence-electron chi connectivity index (χ3n) is 10.5. The molecule has 0 saturated carbocycles. The molecule has 0 fully saturated rings. The van der Waals surface area contributed by atoms with Gasteiger partial charge in [0.05, 0.1) is 43.1 Å². The summed E-state index contributed by atoms with van der Waals surface area (Å²) in [6.07, 6.45) is 8.46. The summed E-state index contributed by atoms with van der Waals surface area (Å²) in [5.41, 5.74) is 3.37. The van der Waals surface area contributed by atoms with Crippen molar-refractivity contribution in [3.8, 4) is 11.3 Å². The molecule has 0 saturated heterocycles. The quantitative estimate of drug-likeness (QED) is 0.0540. The summed E-state index contributed by atoms with van der Waals surface area (Å²) in [7, 11) is -6.97. The van der Waals surface area contributed by atoms with Gasteiger partial charge < -0.3 is 28.6 Å². The predicted molar refractivity (Wildman–Crippen MR) is 228 cm³/mol. The summed E-state index contributed by atoms with van der Waals surface area (Å²) in [6, 6.07) is 12.6. The molecule has 1 atom stereocenters. The van der Waals surface area contributed by atoms with Gasteiger partial charge in [0.1, 0.15) is 24.6 Å². The number of rotatable bonds is 23. The van der Waals surface area contributed by atoms with Gasteiger partial charge in [-0.05, 0) is 92.1 Å². The molecule has 1 aliphatic carbocycles. The summed E-state index contributed by atoms with van der Waals surface area (Å²) >= 11 is 0. The number of unbranched alkanes of at least 4 members (excludes halogenated alkanes) is 2. The number of carboxylic acid groups (broad SMARTS) is 1. The van der Waals surface area contributed by atoms with Crippen molar-refractivity contribution in [3.05, 3.63) is 82.6 Å². The van der Waals surface area contributed by atoms with E-state index in [0.29, 0.717) is 95.4 Å². The second kappa shape index (κ2) is 21.1. The van der Waals surface area contributed by atoms with E-state index in [4.69, 9.17) is 18.6 Å². The lowest BCUT2D eigenvalue weighted by molar-refractivity contribution is -0.137. The molecule has 0 aromatic heterocycles. The summed E-state index contributed by atoms with van der Waals surface area (Å²) in [5.74, 6) is 0.0668. The number of carbonyl (C=O) groups is 1. The van der Waals surface area contributed by atoms with Crippen LogP contribution in [-0.2, 0) is 50.1 Å². The maximum Gasteiger partial charge on any atom is 0.303 e. The van der Waals surface area contributed by atoms with Crippen molar-refractivity contribution in [2.45, 2.75) is 88.9 Å². The number of benzene rings is 2. The molecule has 4 rings (SSSR count). The van der Waals surface area contributed by atoms with E-state index >= 15 is 0 Å². The minimum Gasteiger partial charge on any atom is -0.481 e. The number of methoxy groups -OCH3 is 1. The average Bonchev–Trinajstić information content (AvgIpc) is 3.38. The van der Waals surface area contributed by atoms with Crippen LogP contribution >= 0.6 is 0 Å². The van der Waals surface area contributed by atoms with Crippen molar-refractivity contribution in [1.29, 1.82) is 0 Å². The highest BCUT2D eigenvalue weighted by atomic mass is 32.2. The molecule has 0 bridgehead atoms. The Morgan fingerprint density at radius 1 is 0.932 bits per heavy atom. The molecule has 1 aromatic rings. The summed E-state index contributed by atoms with van der Waals surface area (Å²) in [5, 5.41) is 10.0. The topological polar surface area (TPSA) is 193 Å². The van der Waals surface area contributed by atoms with Crippen molar-refractivity contribution in [3.63, 3.8) is 0 Å². The van der Waals surface area contributed by atoms with E-state index in [-0.39, 0.29) is 28.9 Å². The molecule has 1 unspecified atom stereocenters. The highest BCUT2D eigenvalue weighted by Gasteiger charge is 2.43. The summed E-state index contributed by atoms with van der Waals surface area (Å²) in [4.78, 5) is 13.1. The van der Waals surface area contributed by atoms with Crippen LogP contribution in [0.25, 0.3) is 17.4 Å². The molecule has 0 spiro atoms. The minimum absolute atomic E-state index is 0.0712. The number of fused-ring (bicyclic) bond motifs is 2. The maximum atomic E-state index is 12.4. The van der Waals surface area contributed by atoms with Gasteiger partial charge in [-0.3, -0.25) is 13.9 Å². The van der Waals surface area contributed by atoms with Gasteiger partial charge >= 0.3 is 5.97 Å². The first kappa shape index (κ1) is 47.8. The molecule has 3 N–H and O–H groups in total. The lowest BCUT2D eigenvalue weighted by Crippen LogP contribution is -2.31. The third kappa shape index (κ3) is 13.6. The fraction of sp³-hybridized carbons (Fsp3) is 0.535. The van der Waals surface area contributed by atoms with Crippen LogP contribution in [0, 0.1) is 0 Å². The van der Waals surface area contributed by atoms with Crippen LogP contribution in [-0.4, -0.2) is 103 Å². The Hall–Kier alpha value is -3.90. The zero-order valence-electron chi connectivity index (χ0n) is 35.1. The van der Waals surface area contributed by atoms with Gasteiger partial charge in [0, 0.05) is 61.5 Å².